The molecule has 0 bridgehead atoms. The summed E-state index contributed by atoms with van der Waals surface area (Å²) in [6, 6.07) is 21.4. The maximum absolute atomic E-state index is 13.7. The van der Waals surface area contributed by atoms with E-state index in [0.717, 1.165) is 5.56 Å². The van der Waals surface area contributed by atoms with Gasteiger partial charge in [-0.05, 0) is 42.3 Å². The van der Waals surface area contributed by atoms with E-state index in [0.29, 0.717) is 29.0 Å². The highest BCUT2D eigenvalue weighted by atomic mass is 19.1. The molecule has 120 valence electrons. The number of rotatable bonds is 5. The summed E-state index contributed by atoms with van der Waals surface area (Å²) in [6.45, 7) is 1.88. The molecule has 0 radical (unpaired) electrons. The van der Waals surface area contributed by atoms with Gasteiger partial charge in [-0.3, -0.25) is 4.79 Å². The van der Waals surface area contributed by atoms with Gasteiger partial charge in [0.05, 0.1) is 0 Å². The molecule has 0 aliphatic carbocycles. The first-order valence-electron chi connectivity index (χ1n) is 7.72. The van der Waals surface area contributed by atoms with Gasteiger partial charge in [-0.25, -0.2) is 4.39 Å². The van der Waals surface area contributed by atoms with Crippen LogP contribution in [0.2, 0.25) is 0 Å². The van der Waals surface area contributed by atoms with Gasteiger partial charge in [0.1, 0.15) is 18.2 Å². The SMILES string of the molecule is CC(=O)c1ccc(F)cc1-c1ccccc1OCc1ccccc1. The first kappa shape index (κ1) is 15.9. The summed E-state index contributed by atoms with van der Waals surface area (Å²) in [5.74, 6) is 0.130. The van der Waals surface area contributed by atoms with E-state index < -0.39 is 0 Å². The highest BCUT2D eigenvalue weighted by molar-refractivity contribution is 6.01. The number of carbonyl (C=O) groups is 1. The molecular formula is C21H17FO2. The summed E-state index contributed by atoms with van der Waals surface area (Å²) in [4.78, 5) is 11.9. The average molecular weight is 320 g/mol. The summed E-state index contributed by atoms with van der Waals surface area (Å²) in [6.07, 6.45) is 0. The van der Waals surface area contributed by atoms with E-state index in [1.807, 2.05) is 54.6 Å². The zero-order valence-electron chi connectivity index (χ0n) is 13.3. The highest BCUT2D eigenvalue weighted by Gasteiger charge is 2.14. The summed E-state index contributed by atoms with van der Waals surface area (Å²) in [5, 5.41) is 0. The lowest BCUT2D eigenvalue weighted by Gasteiger charge is -2.14. The number of para-hydroxylation sites is 1. The number of ether oxygens (including phenoxy) is 1. The number of ketones is 1. The molecule has 0 aliphatic heterocycles. The van der Waals surface area contributed by atoms with Crippen molar-refractivity contribution in [2.45, 2.75) is 13.5 Å². The number of hydrogen-bond acceptors (Lipinski definition) is 2. The fourth-order valence-electron chi connectivity index (χ4n) is 2.60. The van der Waals surface area contributed by atoms with Crippen molar-refractivity contribution in [1.29, 1.82) is 0 Å². The molecule has 24 heavy (non-hydrogen) atoms. The third kappa shape index (κ3) is 3.51. The summed E-state index contributed by atoms with van der Waals surface area (Å²) >= 11 is 0. The topological polar surface area (TPSA) is 26.3 Å². The lowest BCUT2D eigenvalue weighted by molar-refractivity contribution is 0.101. The molecule has 0 N–H and O–H groups in total. The van der Waals surface area contributed by atoms with E-state index in [4.69, 9.17) is 4.74 Å². The average Bonchev–Trinajstić information content (AvgIpc) is 2.61. The molecule has 2 nitrogen and oxygen atoms in total. The van der Waals surface area contributed by atoms with E-state index in [1.165, 1.54) is 25.1 Å². The van der Waals surface area contributed by atoms with Gasteiger partial charge in [0.15, 0.2) is 5.78 Å². The number of hydrogen-bond donors (Lipinski definition) is 0. The smallest absolute Gasteiger partial charge is 0.160 e. The van der Waals surface area contributed by atoms with Crippen molar-refractivity contribution in [3.63, 3.8) is 0 Å². The summed E-state index contributed by atoms with van der Waals surface area (Å²) in [5.41, 5.74) is 2.77. The quantitative estimate of drug-likeness (QED) is 0.598. The van der Waals surface area contributed by atoms with E-state index in [2.05, 4.69) is 0 Å². The molecule has 0 aliphatic rings. The van der Waals surface area contributed by atoms with Crippen LogP contribution in [-0.4, -0.2) is 5.78 Å². The molecule has 3 heteroatoms. The maximum atomic E-state index is 13.7. The van der Waals surface area contributed by atoms with Gasteiger partial charge in [0.2, 0.25) is 0 Å². The van der Waals surface area contributed by atoms with Crippen molar-refractivity contribution in [2.24, 2.45) is 0 Å². The molecule has 0 heterocycles. The molecule has 0 spiro atoms. The largest absolute Gasteiger partial charge is 0.488 e. The number of halogens is 1. The van der Waals surface area contributed by atoms with Crippen molar-refractivity contribution < 1.29 is 13.9 Å². The fraction of sp³-hybridized carbons (Fsp3) is 0.0952. The lowest BCUT2D eigenvalue weighted by atomic mass is 9.96. The third-order valence-electron chi connectivity index (χ3n) is 3.78. The van der Waals surface area contributed by atoms with Crippen molar-refractivity contribution in [2.75, 3.05) is 0 Å². The van der Waals surface area contributed by atoms with E-state index >= 15 is 0 Å². The van der Waals surface area contributed by atoms with E-state index in [1.54, 1.807) is 0 Å². The molecule has 0 aromatic heterocycles. The van der Waals surface area contributed by atoms with Crippen LogP contribution < -0.4 is 4.74 Å². The van der Waals surface area contributed by atoms with Crippen molar-refractivity contribution in [1.82, 2.24) is 0 Å². The van der Waals surface area contributed by atoms with Crippen molar-refractivity contribution in [3.05, 3.63) is 89.7 Å². The second-order valence-electron chi connectivity index (χ2n) is 5.52. The highest BCUT2D eigenvalue weighted by Crippen LogP contribution is 2.33. The minimum absolute atomic E-state index is 0.108. The van der Waals surface area contributed by atoms with E-state index in [9.17, 15) is 9.18 Å². The van der Waals surface area contributed by atoms with Gasteiger partial charge >= 0.3 is 0 Å². The summed E-state index contributed by atoms with van der Waals surface area (Å²) in [7, 11) is 0. The minimum atomic E-state index is -0.382. The molecular weight excluding hydrogens is 303 g/mol. The zero-order valence-corrected chi connectivity index (χ0v) is 13.3. The van der Waals surface area contributed by atoms with Crippen LogP contribution in [0.3, 0.4) is 0 Å². The molecule has 3 aromatic carbocycles. The van der Waals surface area contributed by atoms with Crippen LogP contribution in [0, 0.1) is 5.82 Å². The van der Waals surface area contributed by atoms with Gasteiger partial charge in [-0.15, -0.1) is 0 Å². The Morgan fingerprint density at radius 2 is 1.62 bits per heavy atom. The molecule has 0 amide bonds. The molecule has 3 aromatic rings. The number of benzene rings is 3. The monoisotopic (exact) mass is 320 g/mol. The third-order valence-corrected chi connectivity index (χ3v) is 3.78. The Labute approximate surface area is 140 Å². The van der Waals surface area contributed by atoms with Crippen LogP contribution in [0.25, 0.3) is 11.1 Å². The van der Waals surface area contributed by atoms with Crippen LogP contribution >= 0.6 is 0 Å². The first-order valence-corrected chi connectivity index (χ1v) is 7.72. The normalized spacial score (nSPS) is 10.4. The minimum Gasteiger partial charge on any atom is -0.488 e. The number of Topliss-reactive ketones (excluding diaryl/α,β-unsaturated/α-hetero) is 1. The predicted octanol–water partition coefficient (Wildman–Crippen LogP) is 5.27. The Bertz CT molecular complexity index is 857. The Hall–Kier alpha value is -2.94. The van der Waals surface area contributed by atoms with Crippen LogP contribution in [0.1, 0.15) is 22.8 Å². The number of carbonyl (C=O) groups excluding carboxylic acids is 1. The lowest BCUT2D eigenvalue weighted by Crippen LogP contribution is -2.00. The standard InChI is InChI=1S/C21H17FO2/c1-15(23)18-12-11-17(22)13-20(18)19-9-5-6-10-21(19)24-14-16-7-3-2-4-8-16/h2-13H,14H2,1H3. The van der Waals surface area contributed by atoms with Crippen molar-refractivity contribution in [3.8, 4) is 16.9 Å². The Morgan fingerprint density at radius 1 is 0.917 bits per heavy atom. The van der Waals surface area contributed by atoms with Crippen molar-refractivity contribution >= 4 is 5.78 Å². The Morgan fingerprint density at radius 3 is 2.38 bits per heavy atom. The van der Waals surface area contributed by atoms with E-state index in [-0.39, 0.29) is 11.6 Å². The molecule has 0 saturated heterocycles. The summed E-state index contributed by atoms with van der Waals surface area (Å²) < 4.78 is 19.6. The van der Waals surface area contributed by atoms with Gasteiger partial charge < -0.3 is 4.74 Å². The maximum Gasteiger partial charge on any atom is 0.160 e. The van der Waals surface area contributed by atoms with Gasteiger partial charge in [0.25, 0.3) is 0 Å². The molecule has 3 rings (SSSR count). The predicted molar refractivity (Wildman–Crippen MR) is 92.6 cm³/mol. The fourth-order valence-corrected chi connectivity index (χ4v) is 2.60. The Balaban J connectivity index is 1.98. The molecule has 0 unspecified atom stereocenters. The van der Waals surface area contributed by atoms with Gasteiger partial charge in [0, 0.05) is 11.1 Å². The molecule has 0 fully saturated rings. The zero-order chi connectivity index (χ0) is 16.9. The van der Waals surface area contributed by atoms with Crippen LogP contribution in [-0.2, 0) is 6.61 Å². The second-order valence-corrected chi connectivity index (χ2v) is 5.52. The van der Waals surface area contributed by atoms with Crippen LogP contribution in [0.4, 0.5) is 4.39 Å². The first-order chi connectivity index (χ1) is 11.6. The van der Waals surface area contributed by atoms with Gasteiger partial charge in [-0.1, -0.05) is 48.5 Å². The molecule has 0 saturated carbocycles. The Kier molecular flexibility index (Phi) is 4.71. The molecule has 0 atom stereocenters. The second kappa shape index (κ2) is 7.09. The van der Waals surface area contributed by atoms with Crippen LogP contribution in [0.5, 0.6) is 5.75 Å². The van der Waals surface area contributed by atoms with Gasteiger partial charge in [-0.2, -0.15) is 0 Å². The van der Waals surface area contributed by atoms with Crippen LogP contribution in [0.15, 0.2) is 72.8 Å².